The number of thioether (sulfide) groups is 1. The summed E-state index contributed by atoms with van der Waals surface area (Å²) in [6, 6.07) is 7.79. The van der Waals surface area contributed by atoms with Gasteiger partial charge in [-0.3, -0.25) is 9.36 Å². The second kappa shape index (κ2) is 7.65. The number of nitrogens with two attached hydrogens (primary N) is 1. The summed E-state index contributed by atoms with van der Waals surface area (Å²) >= 11 is 1.25. The van der Waals surface area contributed by atoms with Crippen molar-refractivity contribution in [3.63, 3.8) is 0 Å². The standard InChI is InChI=1S/C15H18N4O2S/c1-3-8-19-14(17-18-15(19)22-10-13(16)20)9-21-12-6-4-11(2)5-7-12/h3-7H,1,8-10H2,2H3,(H2,16,20). The number of allylic oxidation sites excluding steroid dienone is 1. The predicted octanol–water partition coefficient (Wildman–Crippen LogP) is 1.93. The van der Waals surface area contributed by atoms with Crippen LogP contribution in [-0.4, -0.2) is 26.4 Å². The maximum absolute atomic E-state index is 10.9. The molecule has 1 aromatic heterocycles. The van der Waals surface area contributed by atoms with E-state index in [0.717, 1.165) is 5.75 Å². The molecule has 0 radical (unpaired) electrons. The topological polar surface area (TPSA) is 83.0 Å². The summed E-state index contributed by atoms with van der Waals surface area (Å²) in [5.41, 5.74) is 6.33. The predicted molar refractivity (Wildman–Crippen MR) is 85.6 cm³/mol. The molecule has 0 saturated carbocycles. The van der Waals surface area contributed by atoms with Crippen molar-refractivity contribution >= 4 is 17.7 Å². The Kier molecular flexibility index (Phi) is 5.60. The molecule has 22 heavy (non-hydrogen) atoms. The van der Waals surface area contributed by atoms with E-state index < -0.39 is 5.91 Å². The molecule has 2 N–H and O–H groups in total. The maximum Gasteiger partial charge on any atom is 0.227 e. The Morgan fingerprint density at radius 1 is 1.41 bits per heavy atom. The fraction of sp³-hybridized carbons (Fsp3) is 0.267. The minimum absolute atomic E-state index is 0.161. The number of carbonyl (C=O) groups is 1. The molecule has 2 aromatic rings. The van der Waals surface area contributed by atoms with Gasteiger partial charge in [0.05, 0.1) is 5.75 Å². The molecular weight excluding hydrogens is 300 g/mol. The number of benzene rings is 1. The average Bonchev–Trinajstić information content (AvgIpc) is 2.87. The first-order chi connectivity index (χ1) is 10.6. The third kappa shape index (κ3) is 4.36. The number of amides is 1. The van der Waals surface area contributed by atoms with Crippen LogP contribution in [0.15, 0.2) is 42.1 Å². The van der Waals surface area contributed by atoms with Gasteiger partial charge in [0.2, 0.25) is 5.91 Å². The number of ether oxygens (including phenoxy) is 1. The second-order valence-electron chi connectivity index (χ2n) is 4.65. The lowest BCUT2D eigenvalue weighted by Gasteiger charge is -2.09. The van der Waals surface area contributed by atoms with Crippen molar-refractivity contribution in [1.82, 2.24) is 14.8 Å². The van der Waals surface area contributed by atoms with E-state index in [2.05, 4.69) is 16.8 Å². The minimum atomic E-state index is -0.393. The summed E-state index contributed by atoms with van der Waals surface area (Å²) in [5, 5.41) is 8.81. The van der Waals surface area contributed by atoms with Crippen LogP contribution in [0.2, 0.25) is 0 Å². The molecule has 0 bridgehead atoms. The Morgan fingerprint density at radius 3 is 2.77 bits per heavy atom. The van der Waals surface area contributed by atoms with Crippen LogP contribution in [0, 0.1) is 6.92 Å². The van der Waals surface area contributed by atoms with Gasteiger partial charge >= 0.3 is 0 Å². The smallest absolute Gasteiger partial charge is 0.227 e. The lowest BCUT2D eigenvalue weighted by atomic mass is 10.2. The molecule has 0 atom stereocenters. The van der Waals surface area contributed by atoms with E-state index in [4.69, 9.17) is 10.5 Å². The molecule has 1 aromatic carbocycles. The lowest BCUT2D eigenvalue weighted by Crippen LogP contribution is -2.14. The Labute approximate surface area is 133 Å². The van der Waals surface area contributed by atoms with Crippen LogP contribution in [0.5, 0.6) is 5.75 Å². The molecule has 0 unspecified atom stereocenters. The van der Waals surface area contributed by atoms with Gasteiger partial charge < -0.3 is 10.5 Å². The zero-order chi connectivity index (χ0) is 15.9. The number of aromatic nitrogens is 3. The van der Waals surface area contributed by atoms with Crippen molar-refractivity contribution in [2.75, 3.05) is 5.75 Å². The Hall–Kier alpha value is -2.28. The highest BCUT2D eigenvalue weighted by molar-refractivity contribution is 7.99. The lowest BCUT2D eigenvalue weighted by molar-refractivity contribution is -0.115. The van der Waals surface area contributed by atoms with Crippen molar-refractivity contribution < 1.29 is 9.53 Å². The van der Waals surface area contributed by atoms with Gasteiger partial charge in [0.25, 0.3) is 0 Å². The van der Waals surface area contributed by atoms with Gasteiger partial charge in [-0.1, -0.05) is 35.5 Å². The van der Waals surface area contributed by atoms with Crippen LogP contribution in [0.4, 0.5) is 0 Å². The van der Waals surface area contributed by atoms with E-state index in [9.17, 15) is 4.79 Å². The summed E-state index contributed by atoms with van der Waals surface area (Å²) < 4.78 is 7.57. The largest absolute Gasteiger partial charge is 0.486 e. The number of nitrogens with zero attached hydrogens (tertiary/aromatic N) is 3. The summed E-state index contributed by atoms with van der Waals surface area (Å²) in [6.07, 6.45) is 1.74. The maximum atomic E-state index is 10.9. The molecule has 0 aliphatic rings. The number of aryl methyl sites for hydroxylation is 1. The van der Waals surface area contributed by atoms with Crippen molar-refractivity contribution in [3.8, 4) is 5.75 Å². The van der Waals surface area contributed by atoms with Crippen LogP contribution >= 0.6 is 11.8 Å². The van der Waals surface area contributed by atoms with Crippen molar-refractivity contribution in [2.45, 2.75) is 25.2 Å². The quantitative estimate of drug-likeness (QED) is 0.594. The van der Waals surface area contributed by atoms with Crippen LogP contribution in [0.25, 0.3) is 0 Å². The van der Waals surface area contributed by atoms with E-state index in [1.54, 1.807) is 6.08 Å². The fourth-order valence-corrected chi connectivity index (χ4v) is 2.47. The van der Waals surface area contributed by atoms with Crippen LogP contribution < -0.4 is 10.5 Å². The van der Waals surface area contributed by atoms with Crippen molar-refractivity contribution in [3.05, 3.63) is 48.3 Å². The van der Waals surface area contributed by atoms with Gasteiger partial charge in [0, 0.05) is 6.54 Å². The van der Waals surface area contributed by atoms with Gasteiger partial charge in [-0.15, -0.1) is 16.8 Å². The van der Waals surface area contributed by atoms with E-state index >= 15 is 0 Å². The molecule has 1 amide bonds. The highest BCUT2D eigenvalue weighted by Crippen LogP contribution is 2.18. The molecule has 7 heteroatoms. The summed E-state index contributed by atoms with van der Waals surface area (Å²) in [7, 11) is 0. The number of primary amides is 1. The van der Waals surface area contributed by atoms with E-state index in [1.807, 2.05) is 35.8 Å². The van der Waals surface area contributed by atoms with E-state index in [-0.39, 0.29) is 5.75 Å². The van der Waals surface area contributed by atoms with E-state index in [1.165, 1.54) is 17.3 Å². The highest BCUT2D eigenvalue weighted by atomic mass is 32.2. The number of hydrogen-bond donors (Lipinski definition) is 1. The monoisotopic (exact) mass is 318 g/mol. The SMILES string of the molecule is C=CCn1c(COc2ccc(C)cc2)nnc1SCC(N)=O. The van der Waals surface area contributed by atoms with Crippen LogP contribution in [0.3, 0.4) is 0 Å². The summed E-state index contributed by atoms with van der Waals surface area (Å²) in [5.74, 6) is 1.21. The molecule has 116 valence electrons. The molecule has 6 nitrogen and oxygen atoms in total. The van der Waals surface area contributed by atoms with Gasteiger partial charge in [0.1, 0.15) is 12.4 Å². The Balaban J connectivity index is 2.07. The van der Waals surface area contributed by atoms with E-state index in [0.29, 0.717) is 24.1 Å². The van der Waals surface area contributed by atoms with Crippen LogP contribution in [-0.2, 0) is 17.9 Å². The summed E-state index contributed by atoms with van der Waals surface area (Å²) in [4.78, 5) is 10.9. The molecule has 0 saturated heterocycles. The Morgan fingerprint density at radius 2 is 2.14 bits per heavy atom. The van der Waals surface area contributed by atoms with Gasteiger partial charge in [0.15, 0.2) is 11.0 Å². The highest BCUT2D eigenvalue weighted by Gasteiger charge is 2.13. The first kappa shape index (κ1) is 16.1. The number of rotatable bonds is 8. The van der Waals surface area contributed by atoms with Crippen LogP contribution in [0.1, 0.15) is 11.4 Å². The molecule has 0 aliphatic carbocycles. The van der Waals surface area contributed by atoms with Gasteiger partial charge in [-0.2, -0.15) is 0 Å². The van der Waals surface area contributed by atoms with Crippen molar-refractivity contribution in [2.24, 2.45) is 5.73 Å². The first-order valence-corrected chi connectivity index (χ1v) is 7.72. The van der Waals surface area contributed by atoms with Gasteiger partial charge in [-0.05, 0) is 19.1 Å². The molecule has 0 fully saturated rings. The first-order valence-electron chi connectivity index (χ1n) is 6.73. The van der Waals surface area contributed by atoms with Crippen molar-refractivity contribution in [1.29, 1.82) is 0 Å². The molecule has 2 rings (SSSR count). The summed E-state index contributed by atoms with van der Waals surface area (Å²) in [6.45, 7) is 6.58. The minimum Gasteiger partial charge on any atom is -0.486 e. The fourth-order valence-electron chi connectivity index (χ4n) is 1.76. The second-order valence-corrected chi connectivity index (χ2v) is 5.60. The zero-order valence-corrected chi connectivity index (χ0v) is 13.2. The zero-order valence-electron chi connectivity index (χ0n) is 12.4. The normalized spacial score (nSPS) is 10.4. The molecule has 0 spiro atoms. The number of hydrogen-bond acceptors (Lipinski definition) is 5. The molecule has 0 aliphatic heterocycles. The third-order valence-electron chi connectivity index (χ3n) is 2.84. The van der Waals surface area contributed by atoms with Gasteiger partial charge in [-0.25, -0.2) is 0 Å². The number of carbonyl (C=O) groups excluding carboxylic acids is 1. The molecular formula is C15H18N4O2S. The Bertz CT molecular complexity index is 652. The third-order valence-corrected chi connectivity index (χ3v) is 3.83. The average molecular weight is 318 g/mol. The molecule has 1 heterocycles.